The number of hydrogen-bond donors (Lipinski definition) is 0. The lowest BCUT2D eigenvalue weighted by molar-refractivity contribution is 0.626. The fraction of sp³-hybridized carbons (Fsp3) is 1.00. The minimum Gasteiger partial charge on any atom is -0.107 e. The first-order chi connectivity index (χ1) is 6.35. The molecule has 80 valence electrons. The zero-order chi connectivity index (χ0) is 9.94. The molecule has 0 aliphatic carbocycles. The highest BCUT2D eigenvalue weighted by Crippen LogP contribution is 2.35. The van der Waals surface area contributed by atoms with Crippen LogP contribution in [0.15, 0.2) is 0 Å². The highest BCUT2D eigenvalue weighted by Gasteiger charge is 2.00. The maximum Gasteiger partial charge on any atom is -0.0326 e. The van der Waals surface area contributed by atoms with Gasteiger partial charge >= 0.3 is 0 Å². The van der Waals surface area contributed by atoms with Gasteiger partial charge in [0.2, 0.25) is 0 Å². The van der Waals surface area contributed by atoms with Crippen molar-refractivity contribution in [3.8, 4) is 0 Å². The van der Waals surface area contributed by atoms with E-state index in [2.05, 4.69) is 20.8 Å². The van der Waals surface area contributed by atoms with Crippen molar-refractivity contribution in [2.45, 2.75) is 59.3 Å². The lowest BCUT2D eigenvalue weighted by Gasteiger charge is -2.12. The van der Waals surface area contributed by atoms with Crippen LogP contribution in [0.3, 0.4) is 0 Å². The SMILES string of the molecule is CCCCCCCCP(CC)CC. The second kappa shape index (κ2) is 10.5. The average Bonchev–Trinajstić information content (AvgIpc) is 2.17. The van der Waals surface area contributed by atoms with Gasteiger partial charge in [0.25, 0.3) is 0 Å². The number of hydrogen-bond acceptors (Lipinski definition) is 0. The largest absolute Gasteiger partial charge is 0.107 e. The van der Waals surface area contributed by atoms with Crippen LogP contribution in [0.4, 0.5) is 0 Å². The highest BCUT2D eigenvalue weighted by molar-refractivity contribution is 7.57. The third-order valence-corrected chi connectivity index (χ3v) is 5.46. The van der Waals surface area contributed by atoms with E-state index in [1.165, 1.54) is 57.0 Å². The predicted octanol–water partition coefficient (Wildman–Crippen LogP) is 4.87. The van der Waals surface area contributed by atoms with Gasteiger partial charge in [-0.25, -0.2) is 0 Å². The van der Waals surface area contributed by atoms with Gasteiger partial charge in [0.15, 0.2) is 0 Å². The van der Waals surface area contributed by atoms with Crippen LogP contribution in [0.25, 0.3) is 0 Å². The van der Waals surface area contributed by atoms with Gasteiger partial charge in [0.05, 0.1) is 0 Å². The molecule has 0 aliphatic rings. The molecule has 0 aromatic rings. The number of unbranched alkanes of at least 4 members (excludes halogenated alkanes) is 5. The Kier molecular flexibility index (Phi) is 10.9. The molecule has 0 rings (SSSR count). The molecule has 1 heteroatoms. The lowest BCUT2D eigenvalue weighted by atomic mass is 10.1. The van der Waals surface area contributed by atoms with Crippen molar-refractivity contribution in [2.75, 3.05) is 18.5 Å². The third kappa shape index (κ3) is 8.75. The van der Waals surface area contributed by atoms with Crippen molar-refractivity contribution in [3.05, 3.63) is 0 Å². The van der Waals surface area contributed by atoms with Crippen LogP contribution >= 0.6 is 7.92 Å². The van der Waals surface area contributed by atoms with Gasteiger partial charge in [-0.2, -0.15) is 0 Å². The normalized spacial score (nSPS) is 11.1. The van der Waals surface area contributed by atoms with E-state index in [0.717, 1.165) is 0 Å². The molecule has 0 amide bonds. The summed E-state index contributed by atoms with van der Waals surface area (Å²) in [6.45, 7) is 6.99. The molecule has 0 heterocycles. The van der Waals surface area contributed by atoms with E-state index in [1.807, 2.05) is 0 Å². The molecule has 0 aliphatic heterocycles. The van der Waals surface area contributed by atoms with E-state index in [9.17, 15) is 0 Å². The Morgan fingerprint density at radius 2 is 1.23 bits per heavy atom. The summed E-state index contributed by atoms with van der Waals surface area (Å²) in [5.41, 5.74) is 0. The molecular weight excluding hydrogens is 175 g/mol. The van der Waals surface area contributed by atoms with Gasteiger partial charge < -0.3 is 0 Å². The van der Waals surface area contributed by atoms with Gasteiger partial charge in [-0.15, -0.1) is 7.92 Å². The molecule has 0 aromatic carbocycles. The summed E-state index contributed by atoms with van der Waals surface area (Å²) in [5, 5.41) is 0. The summed E-state index contributed by atoms with van der Waals surface area (Å²) in [5.74, 6) is 0. The summed E-state index contributed by atoms with van der Waals surface area (Å²) >= 11 is 0. The fourth-order valence-corrected chi connectivity index (χ4v) is 3.41. The first kappa shape index (κ1) is 13.4. The Morgan fingerprint density at radius 1 is 0.692 bits per heavy atom. The second-order valence-corrected chi connectivity index (χ2v) is 6.85. The summed E-state index contributed by atoms with van der Waals surface area (Å²) in [4.78, 5) is 0. The van der Waals surface area contributed by atoms with Gasteiger partial charge in [-0.1, -0.05) is 52.9 Å². The molecule has 0 nitrogen and oxygen atoms in total. The van der Waals surface area contributed by atoms with Gasteiger partial charge in [-0.05, 0) is 24.9 Å². The van der Waals surface area contributed by atoms with Gasteiger partial charge in [0.1, 0.15) is 0 Å². The van der Waals surface area contributed by atoms with Crippen LogP contribution in [0.5, 0.6) is 0 Å². The van der Waals surface area contributed by atoms with Crippen LogP contribution < -0.4 is 0 Å². The third-order valence-electron chi connectivity index (χ3n) is 2.72. The summed E-state index contributed by atoms with van der Waals surface area (Å²) in [6, 6.07) is 0. The van der Waals surface area contributed by atoms with E-state index in [1.54, 1.807) is 0 Å². The molecule has 0 saturated carbocycles. The summed E-state index contributed by atoms with van der Waals surface area (Å²) in [6.07, 6.45) is 13.2. The van der Waals surface area contributed by atoms with Crippen molar-refractivity contribution in [1.82, 2.24) is 0 Å². The first-order valence-corrected chi connectivity index (χ1v) is 7.97. The Bertz CT molecular complexity index is 87.1. The molecule has 0 saturated heterocycles. The second-order valence-electron chi connectivity index (χ2n) is 3.79. The molecule has 0 bridgehead atoms. The van der Waals surface area contributed by atoms with E-state index in [0.29, 0.717) is 7.92 Å². The lowest BCUT2D eigenvalue weighted by Crippen LogP contribution is -1.90. The molecule has 0 N–H and O–H groups in total. The summed E-state index contributed by atoms with van der Waals surface area (Å²) < 4.78 is 0. The molecule has 0 unspecified atom stereocenters. The van der Waals surface area contributed by atoms with Crippen LogP contribution in [0, 0.1) is 0 Å². The Labute approximate surface area is 86.3 Å². The fourth-order valence-electron chi connectivity index (χ4n) is 1.66. The summed E-state index contributed by atoms with van der Waals surface area (Å²) in [7, 11) is 0.419. The molecule has 0 atom stereocenters. The van der Waals surface area contributed by atoms with E-state index in [-0.39, 0.29) is 0 Å². The van der Waals surface area contributed by atoms with E-state index in [4.69, 9.17) is 0 Å². The maximum absolute atomic E-state index is 2.35. The quantitative estimate of drug-likeness (QED) is 0.369. The van der Waals surface area contributed by atoms with E-state index >= 15 is 0 Å². The molecule has 0 spiro atoms. The Hall–Kier alpha value is 0.430. The van der Waals surface area contributed by atoms with E-state index < -0.39 is 0 Å². The van der Waals surface area contributed by atoms with Crippen LogP contribution in [-0.2, 0) is 0 Å². The van der Waals surface area contributed by atoms with Crippen molar-refractivity contribution >= 4 is 7.92 Å². The van der Waals surface area contributed by atoms with Crippen LogP contribution in [0.1, 0.15) is 59.3 Å². The monoisotopic (exact) mass is 202 g/mol. The van der Waals surface area contributed by atoms with Crippen molar-refractivity contribution in [2.24, 2.45) is 0 Å². The molecule has 0 radical (unpaired) electrons. The average molecular weight is 202 g/mol. The highest BCUT2D eigenvalue weighted by atomic mass is 31.1. The van der Waals surface area contributed by atoms with Gasteiger partial charge in [-0.3, -0.25) is 0 Å². The predicted molar refractivity (Wildman–Crippen MR) is 66.2 cm³/mol. The first-order valence-electron chi connectivity index (χ1n) is 6.07. The van der Waals surface area contributed by atoms with Gasteiger partial charge in [0, 0.05) is 0 Å². The molecule has 0 aromatic heterocycles. The van der Waals surface area contributed by atoms with Crippen LogP contribution in [-0.4, -0.2) is 18.5 Å². The van der Waals surface area contributed by atoms with Crippen molar-refractivity contribution < 1.29 is 0 Å². The topological polar surface area (TPSA) is 0 Å². The zero-order valence-corrected chi connectivity index (χ0v) is 10.7. The van der Waals surface area contributed by atoms with Crippen LogP contribution in [0.2, 0.25) is 0 Å². The minimum absolute atomic E-state index is 0.419. The maximum atomic E-state index is 2.35. The smallest absolute Gasteiger partial charge is 0.0326 e. The minimum atomic E-state index is 0.419. The van der Waals surface area contributed by atoms with Crippen molar-refractivity contribution in [1.29, 1.82) is 0 Å². The Balaban J connectivity index is 3.05. The number of rotatable bonds is 9. The molecule has 13 heavy (non-hydrogen) atoms. The zero-order valence-electron chi connectivity index (χ0n) is 9.81. The molecular formula is C12H27P. The molecule has 0 fully saturated rings. The standard InChI is InChI=1S/C12H27P/c1-4-7-8-9-10-11-12-13(5-2)6-3/h4-12H2,1-3H3. The van der Waals surface area contributed by atoms with Crippen molar-refractivity contribution in [3.63, 3.8) is 0 Å². The Morgan fingerprint density at radius 3 is 1.77 bits per heavy atom.